The molecule has 0 saturated carbocycles. The van der Waals surface area contributed by atoms with Gasteiger partial charge in [-0.3, -0.25) is 4.79 Å². The topological polar surface area (TPSA) is 84.9 Å². The Morgan fingerprint density at radius 1 is 1.14 bits per heavy atom. The molecular weight excluding hydrogens is 262 g/mol. The number of carbonyl (C=O) groups is 1. The lowest BCUT2D eigenvalue weighted by atomic mass is 9.96. The number of aromatic nitrogens is 1. The molecule has 0 spiro atoms. The Hall–Kier alpha value is -2.75. The number of nitrogens with one attached hydrogen (secondary N) is 1. The van der Waals surface area contributed by atoms with Gasteiger partial charge in [0.05, 0.1) is 11.1 Å². The van der Waals surface area contributed by atoms with Crippen LogP contribution in [-0.4, -0.2) is 10.9 Å². The van der Waals surface area contributed by atoms with E-state index < -0.39 is 5.91 Å². The van der Waals surface area contributed by atoms with Gasteiger partial charge < -0.3 is 16.5 Å². The van der Waals surface area contributed by atoms with E-state index in [-0.39, 0.29) is 0 Å². The Balaban J connectivity index is 2.40. The molecule has 0 atom stereocenters. The lowest BCUT2D eigenvalue weighted by molar-refractivity contribution is 0.100. The minimum absolute atomic E-state index is 0.430. The van der Waals surface area contributed by atoms with Crippen molar-refractivity contribution < 1.29 is 4.79 Å². The number of hydrogen-bond acceptors (Lipinski definition) is 2. The summed E-state index contributed by atoms with van der Waals surface area (Å²) in [5.74, 6) is -0.430. The molecule has 3 rings (SSSR count). The number of aryl methyl sites for hydroxylation is 2. The van der Waals surface area contributed by atoms with Crippen LogP contribution in [0, 0.1) is 13.8 Å². The van der Waals surface area contributed by atoms with Crippen molar-refractivity contribution >= 4 is 22.5 Å². The first-order chi connectivity index (χ1) is 9.99. The number of rotatable bonds is 2. The average Bonchev–Trinajstić information content (AvgIpc) is 2.74. The largest absolute Gasteiger partial charge is 0.399 e. The van der Waals surface area contributed by atoms with Crippen LogP contribution in [0.1, 0.15) is 21.6 Å². The van der Waals surface area contributed by atoms with Crippen LogP contribution in [0.5, 0.6) is 0 Å². The van der Waals surface area contributed by atoms with Crippen molar-refractivity contribution in [1.82, 2.24) is 4.98 Å². The van der Waals surface area contributed by atoms with E-state index in [0.29, 0.717) is 11.3 Å². The summed E-state index contributed by atoms with van der Waals surface area (Å²) in [4.78, 5) is 14.9. The van der Waals surface area contributed by atoms with E-state index in [2.05, 4.69) is 4.98 Å². The van der Waals surface area contributed by atoms with Crippen LogP contribution >= 0.6 is 0 Å². The normalized spacial score (nSPS) is 11.0. The van der Waals surface area contributed by atoms with E-state index in [1.54, 1.807) is 6.07 Å². The van der Waals surface area contributed by atoms with Gasteiger partial charge in [-0.15, -0.1) is 0 Å². The molecule has 2 aromatic carbocycles. The van der Waals surface area contributed by atoms with Gasteiger partial charge in [0.1, 0.15) is 0 Å². The molecule has 3 aromatic rings. The molecule has 1 aromatic heterocycles. The zero-order valence-electron chi connectivity index (χ0n) is 12.0. The van der Waals surface area contributed by atoms with E-state index in [1.807, 2.05) is 44.2 Å². The van der Waals surface area contributed by atoms with Gasteiger partial charge in [-0.05, 0) is 48.7 Å². The second kappa shape index (κ2) is 4.66. The first kappa shape index (κ1) is 13.2. The number of H-pyrrole nitrogens is 1. The summed E-state index contributed by atoms with van der Waals surface area (Å²) in [6.45, 7) is 4.03. The van der Waals surface area contributed by atoms with E-state index in [1.165, 1.54) is 0 Å². The van der Waals surface area contributed by atoms with Gasteiger partial charge in [-0.1, -0.05) is 18.2 Å². The molecule has 1 heterocycles. The van der Waals surface area contributed by atoms with Crippen LogP contribution in [0.25, 0.3) is 22.0 Å². The van der Waals surface area contributed by atoms with Gasteiger partial charge >= 0.3 is 0 Å². The van der Waals surface area contributed by atoms with E-state index in [4.69, 9.17) is 11.5 Å². The maximum Gasteiger partial charge on any atom is 0.250 e. The highest BCUT2D eigenvalue weighted by atomic mass is 16.1. The minimum Gasteiger partial charge on any atom is -0.399 e. The summed E-state index contributed by atoms with van der Waals surface area (Å²) in [5, 5.41) is 1.02. The van der Waals surface area contributed by atoms with Crippen LogP contribution < -0.4 is 11.5 Å². The molecule has 5 N–H and O–H groups in total. The summed E-state index contributed by atoms with van der Waals surface area (Å²) in [6, 6.07) is 11.4. The molecule has 0 radical (unpaired) electrons. The molecule has 0 aliphatic carbocycles. The zero-order chi connectivity index (χ0) is 15.1. The highest BCUT2D eigenvalue weighted by molar-refractivity contribution is 6.10. The number of primary amides is 1. The number of hydrogen-bond donors (Lipinski definition) is 3. The van der Waals surface area contributed by atoms with Crippen LogP contribution in [0.15, 0.2) is 36.4 Å². The summed E-state index contributed by atoms with van der Waals surface area (Å²) in [7, 11) is 0. The standard InChI is InChI=1S/C17H17N3O/c1-9-10(2)20-16-14(17(19)21)7-6-13(15(9)16)11-4-3-5-12(18)8-11/h3-8,20H,18H2,1-2H3,(H2,19,21). The predicted octanol–water partition coefficient (Wildman–Crippen LogP) is 3.13. The maximum absolute atomic E-state index is 11.6. The Bertz CT molecular complexity index is 862. The van der Waals surface area contributed by atoms with Gasteiger partial charge in [0.25, 0.3) is 5.91 Å². The fourth-order valence-corrected chi connectivity index (χ4v) is 2.74. The summed E-state index contributed by atoms with van der Waals surface area (Å²) in [6.07, 6.45) is 0. The molecule has 21 heavy (non-hydrogen) atoms. The number of fused-ring (bicyclic) bond motifs is 1. The second-order valence-electron chi connectivity index (χ2n) is 5.28. The van der Waals surface area contributed by atoms with E-state index in [0.717, 1.165) is 33.3 Å². The molecule has 0 saturated heterocycles. The average molecular weight is 279 g/mol. The van der Waals surface area contributed by atoms with Crippen molar-refractivity contribution in [3.63, 3.8) is 0 Å². The highest BCUT2D eigenvalue weighted by Crippen LogP contribution is 2.34. The van der Waals surface area contributed by atoms with Gasteiger partial charge in [0, 0.05) is 16.8 Å². The van der Waals surface area contributed by atoms with Crippen molar-refractivity contribution in [2.24, 2.45) is 5.73 Å². The fraction of sp³-hybridized carbons (Fsp3) is 0.118. The molecule has 0 fully saturated rings. The second-order valence-corrected chi connectivity index (χ2v) is 5.28. The number of anilines is 1. The molecule has 0 aliphatic rings. The molecule has 4 nitrogen and oxygen atoms in total. The summed E-state index contributed by atoms with van der Waals surface area (Å²) in [5.41, 5.74) is 17.6. The first-order valence-corrected chi connectivity index (χ1v) is 6.76. The van der Waals surface area contributed by atoms with Crippen molar-refractivity contribution in [1.29, 1.82) is 0 Å². The maximum atomic E-state index is 11.6. The number of aromatic amines is 1. The van der Waals surface area contributed by atoms with Crippen molar-refractivity contribution in [3.8, 4) is 11.1 Å². The van der Waals surface area contributed by atoms with E-state index >= 15 is 0 Å². The Morgan fingerprint density at radius 3 is 2.57 bits per heavy atom. The third-order valence-electron chi connectivity index (χ3n) is 3.92. The quantitative estimate of drug-likeness (QED) is 0.629. The molecule has 1 amide bonds. The Kier molecular flexibility index (Phi) is 2.94. The van der Waals surface area contributed by atoms with Gasteiger partial charge in [0.2, 0.25) is 0 Å². The number of benzene rings is 2. The third kappa shape index (κ3) is 2.05. The van der Waals surface area contributed by atoms with Gasteiger partial charge in [-0.2, -0.15) is 0 Å². The van der Waals surface area contributed by atoms with Crippen molar-refractivity contribution in [2.75, 3.05) is 5.73 Å². The van der Waals surface area contributed by atoms with Crippen molar-refractivity contribution in [3.05, 3.63) is 53.2 Å². The van der Waals surface area contributed by atoms with Crippen LogP contribution in [-0.2, 0) is 0 Å². The van der Waals surface area contributed by atoms with Crippen molar-refractivity contribution in [2.45, 2.75) is 13.8 Å². The minimum atomic E-state index is -0.430. The molecule has 0 unspecified atom stereocenters. The number of nitrogens with two attached hydrogens (primary N) is 2. The monoisotopic (exact) mass is 279 g/mol. The first-order valence-electron chi connectivity index (χ1n) is 6.76. The van der Waals surface area contributed by atoms with Gasteiger partial charge in [-0.25, -0.2) is 0 Å². The molecule has 0 bridgehead atoms. The third-order valence-corrected chi connectivity index (χ3v) is 3.92. The zero-order valence-corrected chi connectivity index (χ0v) is 12.0. The summed E-state index contributed by atoms with van der Waals surface area (Å²) < 4.78 is 0. The lowest BCUT2D eigenvalue weighted by Gasteiger charge is -2.08. The number of amides is 1. The number of nitrogen functional groups attached to an aromatic ring is 1. The predicted molar refractivity (Wildman–Crippen MR) is 86.1 cm³/mol. The van der Waals surface area contributed by atoms with E-state index in [9.17, 15) is 4.79 Å². The summed E-state index contributed by atoms with van der Waals surface area (Å²) >= 11 is 0. The molecular formula is C17H17N3O. The van der Waals surface area contributed by atoms with Gasteiger partial charge in [0.15, 0.2) is 0 Å². The SMILES string of the molecule is Cc1[nH]c2c(C(N)=O)ccc(-c3cccc(N)c3)c2c1C. The van der Waals surface area contributed by atoms with Crippen LogP contribution in [0.2, 0.25) is 0 Å². The molecule has 4 heteroatoms. The lowest BCUT2D eigenvalue weighted by Crippen LogP contribution is -2.11. The molecule has 106 valence electrons. The number of carbonyl (C=O) groups excluding carboxylic acids is 1. The van der Waals surface area contributed by atoms with Crippen LogP contribution in [0.3, 0.4) is 0 Å². The smallest absolute Gasteiger partial charge is 0.250 e. The fourth-order valence-electron chi connectivity index (χ4n) is 2.74. The highest BCUT2D eigenvalue weighted by Gasteiger charge is 2.16. The van der Waals surface area contributed by atoms with Crippen LogP contribution in [0.4, 0.5) is 5.69 Å². The molecule has 0 aliphatic heterocycles. The Morgan fingerprint density at radius 2 is 1.90 bits per heavy atom. The Labute approximate surface area is 122 Å².